The Morgan fingerprint density at radius 3 is 2.61 bits per heavy atom. The van der Waals surface area contributed by atoms with Crippen molar-refractivity contribution in [2.75, 3.05) is 5.32 Å². The Labute approximate surface area is 117 Å². The Morgan fingerprint density at radius 1 is 1.11 bits per heavy atom. The molecule has 0 aromatic heterocycles. The number of hydrogen-bond donors (Lipinski definition) is 1. The maximum absolute atomic E-state index is 3.53. The van der Waals surface area contributed by atoms with E-state index in [1.54, 1.807) is 0 Å². The molecule has 0 aliphatic heterocycles. The van der Waals surface area contributed by atoms with Crippen LogP contribution in [0.15, 0.2) is 46.9 Å². The number of hydrogen-bond acceptors (Lipinski definition) is 1. The summed E-state index contributed by atoms with van der Waals surface area (Å²) >= 11 is 3.53. The van der Waals surface area contributed by atoms with E-state index in [-0.39, 0.29) is 0 Å². The molecule has 0 aliphatic rings. The first-order valence-electron chi connectivity index (χ1n) is 6.27. The lowest BCUT2D eigenvalue weighted by Crippen LogP contribution is -2.02. The van der Waals surface area contributed by atoms with Crippen LogP contribution in [-0.4, -0.2) is 0 Å². The maximum atomic E-state index is 3.53. The molecule has 2 aromatic rings. The van der Waals surface area contributed by atoms with Crippen molar-refractivity contribution in [2.45, 2.75) is 26.8 Å². The highest BCUT2D eigenvalue weighted by Gasteiger charge is 2.00. The van der Waals surface area contributed by atoms with Gasteiger partial charge >= 0.3 is 0 Å². The van der Waals surface area contributed by atoms with Crippen molar-refractivity contribution in [3.63, 3.8) is 0 Å². The minimum Gasteiger partial charge on any atom is -0.381 e. The van der Waals surface area contributed by atoms with Gasteiger partial charge in [0.1, 0.15) is 0 Å². The summed E-state index contributed by atoms with van der Waals surface area (Å²) in [5.41, 5.74) is 5.19. The van der Waals surface area contributed by atoms with E-state index in [2.05, 4.69) is 77.6 Å². The van der Waals surface area contributed by atoms with Crippen LogP contribution in [0, 0.1) is 6.92 Å². The van der Waals surface area contributed by atoms with Crippen molar-refractivity contribution in [3.05, 3.63) is 63.6 Å². The molecule has 0 unspecified atom stereocenters. The van der Waals surface area contributed by atoms with Crippen LogP contribution in [0.5, 0.6) is 0 Å². The molecular formula is C16H18BrN. The van der Waals surface area contributed by atoms with E-state index >= 15 is 0 Å². The van der Waals surface area contributed by atoms with Crippen molar-refractivity contribution >= 4 is 21.6 Å². The van der Waals surface area contributed by atoms with E-state index in [1.807, 2.05) is 0 Å². The van der Waals surface area contributed by atoms with Gasteiger partial charge in [-0.15, -0.1) is 0 Å². The predicted octanol–water partition coefficient (Wildman–Crippen LogP) is 4.93. The number of nitrogens with one attached hydrogen (secondary N) is 1. The summed E-state index contributed by atoms with van der Waals surface area (Å²) < 4.78 is 1.17. The van der Waals surface area contributed by atoms with Crippen LogP contribution in [0.25, 0.3) is 0 Å². The minimum atomic E-state index is 0.866. The molecule has 0 heterocycles. The molecule has 0 aliphatic carbocycles. The van der Waals surface area contributed by atoms with Crippen LogP contribution in [0.2, 0.25) is 0 Å². The van der Waals surface area contributed by atoms with Crippen molar-refractivity contribution in [1.29, 1.82) is 0 Å². The van der Waals surface area contributed by atoms with Crippen molar-refractivity contribution in [3.8, 4) is 0 Å². The molecule has 0 amide bonds. The zero-order valence-electron chi connectivity index (χ0n) is 10.8. The van der Waals surface area contributed by atoms with Gasteiger partial charge in [0.05, 0.1) is 0 Å². The topological polar surface area (TPSA) is 12.0 Å². The summed E-state index contributed by atoms with van der Waals surface area (Å²) in [5, 5.41) is 3.51. The molecule has 94 valence electrons. The third-order valence-electron chi connectivity index (χ3n) is 3.10. The molecule has 1 nitrogen and oxygen atoms in total. The minimum absolute atomic E-state index is 0.866. The molecular weight excluding hydrogens is 286 g/mol. The molecule has 1 N–H and O–H groups in total. The van der Waals surface area contributed by atoms with E-state index in [4.69, 9.17) is 0 Å². The summed E-state index contributed by atoms with van der Waals surface area (Å²) in [5.74, 6) is 0. The molecule has 0 spiro atoms. The second kappa shape index (κ2) is 6.05. The lowest BCUT2D eigenvalue weighted by atomic mass is 10.1. The lowest BCUT2D eigenvalue weighted by Gasteiger charge is -2.11. The quantitative estimate of drug-likeness (QED) is 0.844. The van der Waals surface area contributed by atoms with Gasteiger partial charge in [-0.2, -0.15) is 0 Å². The molecule has 2 heteroatoms. The Kier molecular flexibility index (Phi) is 4.43. The number of halogens is 1. The normalized spacial score (nSPS) is 10.4. The van der Waals surface area contributed by atoms with Gasteiger partial charge in [0.25, 0.3) is 0 Å². The summed E-state index contributed by atoms with van der Waals surface area (Å²) in [7, 11) is 0. The Morgan fingerprint density at radius 2 is 1.89 bits per heavy atom. The molecule has 0 fully saturated rings. The molecule has 2 rings (SSSR count). The molecule has 18 heavy (non-hydrogen) atoms. The van der Waals surface area contributed by atoms with E-state index in [0.29, 0.717) is 0 Å². The molecule has 0 saturated heterocycles. The lowest BCUT2D eigenvalue weighted by molar-refractivity contribution is 1.09. The van der Waals surface area contributed by atoms with E-state index < -0.39 is 0 Å². The SMILES string of the molecule is CCc1ccccc1NCc1ccc(Br)c(C)c1. The third-order valence-corrected chi connectivity index (χ3v) is 3.99. The molecule has 0 bridgehead atoms. The largest absolute Gasteiger partial charge is 0.381 e. The average Bonchev–Trinajstić information content (AvgIpc) is 2.40. The number of rotatable bonds is 4. The molecule has 2 aromatic carbocycles. The smallest absolute Gasteiger partial charge is 0.0400 e. The van der Waals surface area contributed by atoms with Gasteiger partial charge in [0.15, 0.2) is 0 Å². The summed E-state index contributed by atoms with van der Waals surface area (Å²) in [6.07, 6.45) is 1.06. The fraction of sp³-hybridized carbons (Fsp3) is 0.250. The zero-order chi connectivity index (χ0) is 13.0. The zero-order valence-corrected chi connectivity index (χ0v) is 12.4. The van der Waals surface area contributed by atoms with E-state index in [0.717, 1.165) is 13.0 Å². The van der Waals surface area contributed by atoms with Crippen LogP contribution in [0.1, 0.15) is 23.6 Å². The monoisotopic (exact) mass is 303 g/mol. The highest BCUT2D eigenvalue weighted by Crippen LogP contribution is 2.19. The highest BCUT2D eigenvalue weighted by atomic mass is 79.9. The summed E-state index contributed by atoms with van der Waals surface area (Å²) in [4.78, 5) is 0. The van der Waals surface area contributed by atoms with Gasteiger partial charge in [-0.3, -0.25) is 0 Å². The highest BCUT2D eigenvalue weighted by molar-refractivity contribution is 9.10. The van der Waals surface area contributed by atoms with Gasteiger partial charge in [0, 0.05) is 16.7 Å². The van der Waals surface area contributed by atoms with Gasteiger partial charge in [0.2, 0.25) is 0 Å². The van der Waals surface area contributed by atoms with E-state index in [9.17, 15) is 0 Å². The van der Waals surface area contributed by atoms with Crippen LogP contribution in [-0.2, 0) is 13.0 Å². The Balaban J connectivity index is 2.09. The Bertz CT molecular complexity index is 534. The number of benzene rings is 2. The van der Waals surface area contributed by atoms with Crippen molar-refractivity contribution in [1.82, 2.24) is 0 Å². The summed E-state index contributed by atoms with van der Waals surface area (Å²) in [6.45, 7) is 5.17. The fourth-order valence-corrected chi connectivity index (χ4v) is 2.26. The molecule has 0 atom stereocenters. The van der Waals surface area contributed by atoms with Crippen molar-refractivity contribution < 1.29 is 0 Å². The number of para-hydroxylation sites is 1. The van der Waals surface area contributed by atoms with Gasteiger partial charge < -0.3 is 5.32 Å². The molecule has 0 radical (unpaired) electrons. The van der Waals surface area contributed by atoms with Crippen LogP contribution in [0.4, 0.5) is 5.69 Å². The number of anilines is 1. The van der Waals surface area contributed by atoms with Crippen LogP contribution in [0.3, 0.4) is 0 Å². The third kappa shape index (κ3) is 3.14. The standard InChI is InChI=1S/C16H18BrN/c1-3-14-6-4-5-7-16(14)18-11-13-8-9-15(17)12(2)10-13/h4-10,18H,3,11H2,1-2H3. The van der Waals surface area contributed by atoms with Gasteiger partial charge in [-0.1, -0.05) is 53.2 Å². The van der Waals surface area contributed by atoms with Crippen LogP contribution < -0.4 is 5.32 Å². The number of aryl methyl sites for hydroxylation is 2. The molecule has 0 saturated carbocycles. The predicted molar refractivity (Wildman–Crippen MR) is 82.0 cm³/mol. The Hall–Kier alpha value is -1.28. The van der Waals surface area contributed by atoms with Gasteiger partial charge in [-0.05, 0) is 42.2 Å². The van der Waals surface area contributed by atoms with Crippen molar-refractivity contribution in [2.24, 2.45) is 0 Å². The van der Waals surface area contributed by atoms with Gasteiger partial charge in [-0.25, -0.2) is 0 Å². The first-order valence-corrected chi connectivity index (χ1v) is 7.07. The van der Waals surface area contributed by atoms with E-state index in [1.165, 1.54) is 26.9 Å². The second-order valence-electron chi connectivity index (χ2n) is 4.45. The fourth-order valence-electron chi connectivity index (χ4n) is 2.02. The first-order chi connectivity index (χ1) is 8.70. The summed E-state index contributed by atoms with van der Waals surface area (Å²) in [6, 6.07) is 15.0. The first kappa shape index (κ1) is 13.2. The average molecular weight is 304 g/mol. The van der Waals surface area contributed by atoms with Crippen LogP contribution >= 0.6 is 15.9 Å². The maximum Gasteiger partial charge on any atom is 0.0400 e. The second-order valence-corrected chi connectivity index (χ2v) is 5.30.